The minimum Gasteiger partial charge on any atom is -0.494 e. The van der Waals surface area contributed by atoms with E-state index in [-0.39, 0.29) is 48.0 Å². The lowest BCUT2D eigenvalue weighted by Crippen LogP contribution is -2.40. The van der Waals surface area contributed by atoms with Crippen molar-refractivity contribution in [3.05, 3.63) is 71.6 Å². The lowest BCUT2D eigenvalue weighted by molar-refractivity contribution is 0.411. The molecule has 4 rings (SSSR count). The van der Waals surface area contributed by atoms with Crippen molar-refractivity contribution >= 4 is 28.5 Å². The van der Waals surface area contributed by atoms with Crippen molar-refractivity contribution in [2.45, 2.75) is 53.2 Å². The minimum absolute atomic E-state index is 0.0375. The van der Waals surface area contributed by atoms with E-state index >= 15 is 0 Å². The Bertz CT molecular complexity index is 1510. The Hall–Kier alpha value is -3.33. The molecule has 1 aromatic carbocycles. The molecule has 0 aliphatic carbocycles. The maximum Gasteiger partial charge on any atom is 0.332 e. The molecule has 168 valence electrons. The molecule has 0 saturated carbocycles. The Morgan fingerprint density at radius 1 is 0.938 bits per heavy atom. The summed E-state index contributed by atoms with van der Waals surface area (Å²) in [5, 5.41) is 11.6. The number of fused-ring (bicyclic) bond motifs is 3. The normalized spacial score (nSPS) is 11.6. The summed E-state index contributed by atoms with van der Waals surface area (Å²) in [4.78, 5) is 43.9. The summed E-state index contributed by atoms with van der Waals surface area (Å²) in [6.45, 7) is 6.02. The Balaban J connectivity index is 2.19. The first kappa shape index (κ1) is 21.9. The van der Waals surface area contributed by atoms with Crippen LogP contribution >= 0.6 is 11.6 Å². The number of aryl methyl sites for hydroxylation is 1. The Morgan fingerprint density at radius 2 is 1.59 bits per heavy atom. The second-order valence-corrected chi connectivity index (χ2v) is 8.00. The molecule has 3 heterocycles. The Labute approximate surface area is 187 Å². The van der Waals surface area contributed by atoms with Crippen LogP contribution in [0.2, 0.25) is 5.02 Å². The fourth-order valence-electron chi connectivity index (χ4n) is 4.04. The van der Waals surface area contributed by atoms with Gasteiger partial charge in [0.25, 0.3) is 11.1 Å². The van der Waals surface area contributed by atoms with Gasteiger partial charge in [-0.3, -0.25) is 23.3 Å². The Morgan fingerprint density at radius 3 is 2.19 bits per heavy atom. The largest absolute Gasteiger partial charge is 0.494 e. The van der Waals surface area contributed by atoms with E-state index in [1.165, 1.54) is 13.5 Å². The molecule has 4 aromatic rings. The third kappa shape index (κ3) is 3.24. The molecule has 0 fully saturated rings. The van der Waals surface area contributed by atoms with Gasteiger partial charge >= 0.3 is 5.69 Å². The molecule has 1 N–H and O–H groups in total. The summed E-state index contributed by atoms with van der Waals surface area (Å²) < 4.78 is 5.19. The third-order valence-corrected chi connectivity index (χ3v) is 5.87. The summed E-state index contributed by atoms with van der Waals surface area (Å²) in [6.07, 6.45) is 0.955. The maximum atomic E-state index is 13.4. The lowest BCUT2D eigenvalue weighted by atomic mass is 10.1. The first-order chi connectivity index (χ1) is 15.3. The summed E-state index contributed by atoms with van der Waals surface area (Å²) in [5.74, 6) is -0.0966. The number of hydrogen-bond donors (Lipinski definition) is 1. The molecule has 9 nitrogen and oxygen atoms in total. The average Bonchev–Trinajstić information content (AvgIpc) is 3.17. The molecule has 0 bridgehead atoms. The van der Waals surface area contributed by atoms with Crippen LogP contribution in [0.4, 0.5) is 0 Å². The quantitative estimate of drug-likeness (QED) is 0.478. The number of halogens is 1. The van der Waals surface area contributed by atoms with E-state index in [0.717, 1.165) is 10.1 Å². The van der Waals surface area contributed by atoms with Crippen LogP contribution in [-0.4, -0.2) is 28.2 Å². The zero-order chi connectivity index (χ0) is 23.2. The highest BCUT2D eigenvalue weighted by Gasteiger charge is 2.24. The second-order valence-electron chi connectivity index (χ2n) is 7.57. The van der Waals surface area contributed by atoms with Gasteiger partial charge < -0.3 is 5.11 Å². The van der Waals surface area contributed by atoms with Crippen molar-refractivity contribution < 1.29 is 5.11 Å². The van der Waals surface area contributed by atoms with Crippen LogP contribution in [0.25, 0.3) is 16.9 Å². The van der Waals surface area contributed by atoms with E-state index in [4.69, 9.17) is 11.6 Å². The molecule has 0 aliphatic rings. The third-order valence-electron chi connectivity index (χ3n) is 5.62. The molecule has 0 saturated heterocycles. The molecule has 0 radical (unpaired) electrons. The first-order valence-electron chi connectivity index (χ1n) is 10.6. The standard InChI is InChI=1S/C22H24ClN5O4/c1-4-7-15-18(29)27(12-13-8-10-14(23)11-9-13)21-24-17-16(28(21)19(15)30)20(31)26(6-3)22(32)25(17)5-2/h8-11,29H,4-7,12H2,1-3H3. The summed E-state index contributed by atoms with van der Waals surface area (Å²) in [6, 6.07) is 7.09. The molecular weight excluding hydrogens is 434 g/mol. The van der Waals surface area contributed by atoms with Crippen LogP contribution in [0.3, 0.4) is 0 Å². The van der Waals surface area contributed by atoms with E-state index < -0.39 is 16.8 Å². The molecule has 0 amide bonds. The maximum absolute atomic E-state index is 13.4. The highest BCUT2D eigenvalue weighted by Crippen LogP contribution is 2.23. The van der Waals surface area contributed by atoms with Gasteiger partial charge in [-0.25, -0.2) is 9.20 Å². The highest BCUT2D eigenvalue weighted by molar-refractivity contribution is 6.30. The van der Waals surface area contributed by atoms with Gasteiger partial charge in [-0.15, -0.1) is 0 Å². The Kier molecular flexibility index (Phi) is 5.68. The van der Waals surface area contributed by atoms with E-state index in [1.807, 2.05) is 19.1 Å². The summed E-state index contributed by atoms with van der Waals surface area (Å²) >= 11 is 5.99. The van der Waals surface area contributed by atoms with E-state index in [9.17, 15) is 19.5 Å². The van der Waals surface area contributed by atoms with Crippen molar-refractivity contribution in [3.63, 3.8) is 0 Å². The van der Waals surface area contributed by atoms with Crippen LogP contribution in [0, 0.1) is 0 Å². The molecule has 0 atom stereocenters. The van der Waals surface area contributed by atoms with E-state index in [2.05, 4.69) is 4.98 Å². The topological polar surface area (TPSA) is 104 Å². The van der Waals surface area contributed by atoms with Gasteiger partial charge in [-0.2, -0.15) is 4.98 Å². The number of benzene rings is 1. The minimum atomic E-state index is -0.576. The predicted octanol–water partition coefficient (Wildman–Crippen LogP) is 2.37. The number of rotatable bonds is 6. The molecule has 10 heteroatoms. The zero-order valence-corrected chi connectivity index (χ0v) is 18.9. The van der Waals surface area contributed by atoms with Crippen molar-refractivity contribution in [3.8, 4) is 5.88 Å². The van der Waals surface area contributed by atoms with Crippen LogP contribution in [0.1, 0.15) is 38.3 Å². The molecule has 0 unspecified atom stereocenters. The van der Waals surface area contributed by atoms with E-state index in [0.29, 0.717) is 17.9 Å². The highest BCUT2D eigenvalue weighted by atomic mass is 35.5. The smallest absolute Gasteiger partial charge is 0.332 e. The van der Waals surface area contributed by atoms with Crippen LogP contribution in [0.5, 0.6) is 5.88 Å². The number of aromatic nitrogens is 5. The average molecular weight is 458 g/mol. The van der Waals surface area contributed by atoms with Crippen molar-refractivity contribution in [2.24, 2.45) is 0 Å². The van der Waals surface area contributed by atoms with Crippen molar-refractivity contribution in [2.75, 3.05) is 0 Å². The van der Waals surface area contributed by atoms with Gasteiger partial charge in [0.1, 0.15) is 0 Å². The number of aromatic hydroxyl groups is 1. The van der Waals surface area contributed by atoms with Gasteiger partial charge in [-0.05, 0) is 38.0 Å². The van der Waals surface area contributed by atoms with Crippen LogP contribution < -0.4 is 16.8 Å². The molecular formula is C22H24ClN5O4. The van der Waals surface area contributed by atoms with Crippen molar-refractivity contribution in [1.29, 1.82) is 0 Å². The fourth-order valence-corrected chi connectivity index (χ4v) is 4.17. The second kappa shape index (κ2) is 8.31. The molecule has 0 aliphatic heterocycles. The molecule has 0 spiro atoms. The number of imidazole rings is 1. The first-order valence-corrected chi connectivity index (χ1v) is 11.0. The van der Waals surface area contributed by atoms with Gasteiger partial charge in [-0.1, -0.05) is 37.1 Å². The van der Waals surface area contributed by atoms with Gasteiger partial charge in [0.15, 0.2) is 11.2 Å². The summed E-state index contributed by atoms with van der Waals surface area (Å²) in [7, 11) is 0. The zero-order valence-electron chi connectivity index (χ0n) is 18.1. The molecule has 32 heavy (non-hydrogen) atoms. The van der Waals surface area contributed by atoms with E-state index in [1.54, 1.807) is 26.0 Å². The number of nitrogens with zero attached hydrogens (tertiary/aromatic N) is 5. The monoisotopic (exact) mass is 457 g/mol. The predicted molar refractivity (Wildman–Crippen MR) is 123 cm³/mol. The lowest BCUT2D eigenvalue weighted by Gasteiger charge is -2.14. The fraction of sp³-hybridized carbons (Fsp3) is 0.364. The number of hydrogen-bond acceptors (Lipinski definition) is 5. The molecule has 3 aromatic heterocycles. The van der Waals surface area contributed by atoms with Crippen molar-refractivity contribution in [1.82, 2.24) is 23.1 Å². The summed E-state index contributed by atoms with van der Waals surface area (Å²) in [5.41, 5.74) is -0.375. The van der Waals surface area contributed by atoms with Crippen LogP contribution in [-0.2, 0) is 26.1 Å². The van der Waals surface area contributed by atoms with Crippen LogP contribution in [0.15, 0.2) is 38.6 Å². The van der Waals surface area contributed by atoms with Gasteiger partial charge in [0.05, 0.1) is 12.1 Å². The van der Waals surface area contributed by atoms with Gasteiger partial charge in [0.2, 0.25) is 11.7 Å². The van der Waals surface area contributed by atoms with Gasteiger partial charge in [0, 0.05) is 18.1 Å². The SMILES string of the molecule is CCCc1c(O)n(Cc2ccc(Cl)cc2)c2nc3c(c(=O)n(CC)c(=O)n3CC)n2c1=O.